The highest BCUT2D eigenvalue weighted by molar-refractivity contribution is 7.99. The smallest absolute Gasteiger partial charge is 0.255 e. The summed E-state index contributed by atoms with van der Waals surface area (Å²) < 4.78 is 28.0. The van der Waals surface area contributed by atoms with E-state index in [2.05, 4.69) is 45.5 Å². The molecule has 17 heteroatoms. The van der Waals surface area contributed by atoms with Crippen LogP contribution in [-0.2, 0) is 22.7 Å². The Kier molecular flexibility index (Phi) is 8.76. The number of piperazine rings is 1. The average Bonchev–Trinajstić information content (AvgIpc) is 3.74. The predicted octanol–water partition coefficient (Wildman–Crippen LogP) is 3.17. The number of amides is 3. The highest BCUT2D eigenvalue weighted by Crippen LogP contribution is 2.42. The van der Waals surface area contributed by atoms with Crippen LogP contribution in [0.2, 0.25) is 0 Å². The Labute approximate surface area is 312 Å². The van der Waals surface area contributed by atoms with E-state index in [1.54, 1.807) is 22.7 Å². The summed E-state index contributed by atoms with van der Waals surface area (Å²) in [6.45, 7) is 5.72. The molecule has 7 heterocycles. The molecular formula is C37H36F2N10O4S. The number of phenolic OH excluding ortho intramolecular Hbond substituents is 1. The molecule has 1 unspecified atom stereocenters. The summed E-state index contributed by atoms with van der Waals surface area (Å²) >= 11 is 1.62. The highest BCUT2D eigenvalue weighted by Gasteiger charge is 2.40. The van der Waals surface area contributed by atoms with E-state index in [-0.39, 0.29) is 40.8 Å². The number of aromatic hydroxyl groups is 1. The molecule has 3 N–H and O–H groups in total. The van der Waals surface area contributed by atoms with Crippen LogP contribution in [-0.4, -0.2) is 109 Å². The predicted molar refractivity (Wildman–Crippen MR) is 195 cm³/mol. The van der Waals surface area contributed by atoms with Gasteiger partial charge in [-0.05, 0) is 42.7 Å². The van der Waals surface area contributed by atoms with Crippen molar-refractivity contribution >= 4 is 46.7 Å². The largest absolute Gasteiger partial charge is 0.504 e. The molecule has 278 valence electrons. The summed E-state index contributed by atoms with van der Waals surface area (Å²) in [5, 5.41) is 25.2. The molecule has 3 amide bonds. The van der Waals surface area contributed by atoms with E-state index in [4.69, 9.17) is 0 Å². The van der Waals surface area contributed by atoms with Gasteiger partial charge in [-0.1, -0.05) is 17.8 Å². The fraction of sp³-hybridized carbons (Fsp3) is 0.378. The standard InChI is InChI=1S/C37H36F2N10O4S/c38-22-9-27(33(51)28(39)10-22)29-13-31-34(45-44-29)40-16-24-11-25(19-48(24)31)54-37-41-14-20(15-42-37)17-46-5-7-47(8-6-46)23-2-1-21-18-49(36(53)26(21)12-23)30-3-4-32(50)43-35(30)52/h1-2,9-10,12-15,24-25,30,51H,3-8,11,16-19H2,(H,40,45)(H,43,50,52)/t24-,25-,30?/m1/s1. The Morgan fingerprint density at radius 1 is 0.944 bits per heavy atom. The van der Waals surface area contributed by atoms with Gasteiger partial charge in [-0.2, -0.15) is 0 Å². The quantitative estimate of drug-likeness (QED) is 0.187. The van der Waals surface area contributed by atoms with Crippen molar-refractivity contribution in [3.8, 4) is 17.0 Å². The van der Waals surface area contributed by atoms with Crippen molar-refractivity contribution in [1.82, 2.24) is 35.3 Å². The van der Waals surface area contributed by atoms with Crippen molar-refractivity contribution in [3.05, 3.63) is 77.1 Å². The third-order valence-corrected chi connectivity index (χ3v) is 12.0. The molecule has 4 aromatic rings. The van der Waals surface area contributed by atoms with Crippen LogP contribution in [0.3, 0.4) is 0 Å². The molecule has 0 spiro atoms. The molecule has 0 saturated carbocycles. The van der Waals surface area contributed by atoms with E-state index >= 15 is 0 Å². The third-order valence-electron chi connectivity index (χ3n) is 10.9. The molecule has 2 aromatic heterocycles. The minimum atomic E-state index is -1.05. The fourth-order valence-corrected chi connectivity index (χ4v) is 9.16. The van der Waals surface area contributed by atoms with Gasteiger partial charge in [0.1, 0.15) is 11.9 Å². The molecule has 3 saturated heterocycles. The number of anilines is 3. The zero-order valence-corrected chi connectivity index (χ0v) is 29.9. The number of halogens is 2. The number of piperidine rings is 1. The molecule has 3 atom stereocenters. The number of carbonyl (C=O) groups is 3. The Balaban J connectivity index is 0.784. The molecule has 5 aliphatic heterocycles. The first-order valence-electron chi connectivity index (χ1n) is 18.0. The lowest BCUT2D eigenvalue weighted by atomic mass is 10.0. The van der Waals surface area contributed by atoms with Gasteiger partial charge >= 0.3 is 0 Å². The van der Waals surface area contributed by atoms with E-state index in [0.29, 0.717) is 48.7 Å². The van der Waals surface area contributed by atoms with Crippen LogP contribution in [0.5, 0.6) is 5.75 Å². The zero-order valence-electron chi connectivity index (χ0n) is 29.0. The molecule has 2 aromatic carbocycles. The number of phenols is 1. The zero-order chi connectivity index (χ0) is 37.1. The fourth-order valence-electron chi connectivity index (χ4n) is 8.08. The van der Waals surface area contributed by atoms with Gasteiger partial charge in [-0.3, -0.25) is 24.6 Å². The minimum absolute atomic E-state index is 0.0521. The summed E-state index contributed by atoms with van der Waals surface area (Å²) in [5.74, 6) is -2.82. The lowest BCUT2D eigenvalue weighted by Gasteiger charge is -2.36. The maximum absolute atomic E-state index is 14.1. The molecule has 3 fully saturated rings. The van der Waals surface area contributed by atoms with Gasteiger partial charge in [0.05, 0.1) is 11.4 Å². The normalized spacial score (nSPS) is 22.5. The second-order valence-corrected chi connectivity index (χ2v) is 15.6. The maximum Gasteiger partial charge on any atom is 0.255 e. The van der Waals surface area contributed by atoms with Gasteiger partial charge in [-0.25, -0.2) is 18.7 Å². The van der Waals surface area contributed by atoms with Crippen molar-refractivity contribution in [2.45, 2.75) is 54.8 Å². The molecule has 0 radical (unpaired) electrons. The van der Waals surface area contributed by atoms with Crippen molar-refractivity contribution in [2.24, 2.45) is 0 Å². The molecule has 54 heavy (non-hydrogen) atoms. The van der Waals surface area contributed by atoms with Gasteiger partial charge in [0.2, 0.25) is 11.8 Å². The van der Waals surface area contributed by atoms with E-state index in [0.717, 1.165) is 67.7 Å². The summed E-state index contributed by atoms with van der Waals surface area (Å²) in [4.78, 5) is 55.1. The Morgan fingerprint density at radius 3 is 2.56 bits per heavy atom. The first-order chi connectivity index (χ1) is 26.2. The summed E-state index contributed by atoms with van der Waals surface area (Å²) in [6, 6.07) is 8.88. The summed E-state index contributed by atoms with van der Waals surface area (Å²) in [7, 11) is 0. The molecule has 0 bridgehead atoms. The number of nitrogens with zero attached hydrogens (tertiary/aromatic N) is 8. The molecular weight excluding hydrogens is 719 g/mol. The highest BCUT2D eigenvalue weighted by atomic mass is 32.2. The number of rotatable bonds is 7. The molecule has 9 rings (SSSR count). The van der Waals surface area contributed by atoms with Crippen LogP contribution in [0.1, 0.15) is 40.7 Å². The first kappa shape index (κ1) is 34.4. The van der Waals surface area contributed by atoms with Crippen LogP contribution in [0.4, 0.5) is 26.0 Å². The maximum atomic E-state index is 14.1. The summed E-state index contributed by atoms with van der Waals surface area (Å²) in [6.07, 6.45) is 5.22. The van der Waals surface area contributed by atoms with Gasteiger partial charge in [0.25, 0.3) is 5.91 Å². The van der Waals surface area contributed by atoms with Crippen molar-refractivity contribution < 1.29 is 28.3 Å². The van der Waals surface area contributed by atoms with Crippen LogP contribution < -0.4 is 20.4 Å². The third kappa shape index (κ3) is 6.44. The number of nitrogens with one attached hydrogen (secondary N) is 2. The SMILES string of the molecule is O=C1CCC(N2Cc3ccc(N4CCN(Cc5cnc(S[C@@H]6C[C@@H]7CNc8nnc(-c9cc(F)cc(F)c9O)cc8N7C6)nc5)CC4)cc3C2=O)C(=O)N1. The Bertz CT molecular complexity index is 2170. The number of imide groups is 1. The summed E-state index contributed by atoms with van der Waals surface area (Å²) in [5.41, 5.74) is 4.41. The van der Waals surface area contributed by atoms with Crippen LogP contribution >= 0.6 is 11.8 Å². The number of benzene rings is 2. The van der Waals surface area contributed by atoms with Crippen molar-refractivity contribution in [1.29, 1.82) is 0 Å². The molecule has 0 aliphatic carbocycles. The first-order valence-corrected chi connectivity index (χ1v) is 18.8. The topological polar surface area (TPSA) is 160 Å². The van der Waals surface area contributed by atoms with E-state index in [9.17, 15) is 28.3 Å². The number of hydrogen-bond donors (Lipinski definition) is 3. The minimum Gasteiger partial charge on any atom is -0.504 e. The number of fused-ring (bicyclic) bond motifs is 4. The molecule has 5 aliphatic rings. The number of aromatic nitrogens is 4. The van der Waals surface area contributed by atoms with E-state index < -0.39 is 29.3 Å². The van der Waals surface area contributed by atoms with E-state index in [1.165, 1.54) is 0 Å². The Morgan fingerprint density at radius 2 is 1.76 bits per heavy atom. The van der Waals surface area contributed by atoms with Gasteiger partial charge in [0, 0.05) is 111 Å². The number of thioether (sulfide) groups is 1. The van der Waals surface area contributed by atoms with Crippen molar-refractivity contribution in [2.75, 3.05) is 54.4 Å². The lowest BCUT2D eigenvalue weighted by molar-refractivity contribution is -0.136. The average molecular weight is 755 g/mol. The Hall–Kier alpha value is -5.42. The van der Waals surface area contributed by atoms with Gasteiger partial charge in [-0.15, -0.1) is 10.2 Å². The monoisotopic (exact) mass is 754 g/mol. The second kappa shape index (κ2) is 13.8. The van der Waals surface area contributed by atoms with E-state index in [1.807, 2.05) is 30.6 Å². The van der Waals surface area contributed by atoms with Gasteiger partial charge < -0.3 is 25.1 Å². The number of hydrogen-bond acceptors (Lipinski definition) is 13. The number of carbonyl (C=O) groups excluding carboxylic acids is 3. The van der Waals surface area contributed by atoms with Crippen LogP contribution in [0.15, 0.2) is 53.9 Å². The lowest BCUT2D eigenvalue weighted by Crippen LogP contribution is -2.52. The van der Waals surface area contributed by atoms with Crippen LogP contribution in [0.25, 0.3) is 11.3 Å². The van der Waals surface area contributed by atoms with Crippen LogP contribution in [0, 0.1) is 11.6 Å². The van der Waals surface area contributed by atoms with Gasteiger partial charge in [0.15, 0.2) is 22.5 Å². The van der Waals surface area contributed by atoms with Crippen molar-refractivity contribution in [3.63, 3.8) is 0 Å². The second-order valence-electron chi connectivity index (χ2n) is 14.3. The molecule has 14 nitrogen and oxygen atoms in total.